The van der Waals surface area contributed by atoms with Crippen LogP contribution in [0.2, 0.25) is 0 Å². The van der Waals surface area contributed by atoms with Crippen LogP contribution in [0.3, 0.4) is 0 Å². The van der Waals surface area contributed by atoms with Crippen molar-refractivity contribution in [1.82, 2.24) is 15.6 Å². The molecule has 1 heterocycles. The maximum absolute atomic E-state index is 11.5. The summed E-state index contributed by atoms with van der Waals surface area (Å²) in [7, 11) is 0. The lowest BCUT2D eigenvalue weighted by Gasteiger charge is -2.05. The molecule has 2 N–H and O–H groups in total. The zero-order chi connectivity index (χ0) is 11.9. The van der Waals surface area contributed by atoms with E-state index in [1.165, 1.54) is 12.8 Å². The monoisotopic (exact) mass is 233 g/mol. The molecule has 0 spiro atoms. The van der Waals surface area contributed by atoms with Crippen LogP contribution in [0.4, 0.5) is 0 Å². The molecule has 0 saturated heterocycles. The van der Waals surface area contributed by atoms with Gasteiger partial charge in [0.05, 0.1) is 0 Å². The van der Waals surface area contributed by atoms with Gasteiger partial charge in [0.1, 0.15) is 0 Å². The number of aromatic nitrogens is 1. The molecule has 4 nitrogen and oxygen atoms in total. The van der Waals surface area contributed by atoms with Crippen LogP contribution in [-0.4, -0.2) is 30.0 Å². The molecule has 1 fully saturated rings. The molecule has 1 aromatic rings. The first-order valence-corrected chi connectivity index (χ1v) is 6.24. The summed E-state index contributed by atoms with van der Waals surface area (Å²) < 4.78 is 0. The van der Waals surface area contributed by atoms with Gasteiger partial charge in [0.2, 0.25) is 5.91 Å². The predicted octanol–water partition coefficient (Wildman–Crippen LogP) is 0.882. The summed E-state index contributed by atoms with van der Waals surface area (Å²) in [5.41, 5.74) is 1.02. The first-order valence-electron chi connectivity index (χ1n) is 6.24. The van der Waals surface area contributed by atoms with Gasteiger partial charge in [-0.2, -0.15) is 0 Å². The molecule has 0 radical (unpaired) electrons. The normalized spacial score (nSPS) is 14.6. The lowest BCUT2D eigenvalue weighted by Crippen LogP contribution is -2.29. The lowest BCUT2D eigenvalue weighted by atomic mass is 10.2. The van der Waals surface area contributed by atoms with E-state index in [1.54, 1.807) is 6.20 Å². The summed E-state index contributed by atoms with van der Waals surface area (Å²) in [6.45, 7) is 1.46. The van der Waals surface area contributed by atoms with Crippen LogP contribution in [0.5, 0.6) is 0 Å². The maximum Gasteiger partial charge on any atom is 0.221 e. The average Bonchev–Trinajstić information content (AvgIpc) is 3.14. The smallest absolute Gasteiger partial charge is 0.221 e. The summed E-state index contributed by atoms with van der Waals surface area (Å²) >= 11 is 0. The Kier molecular flexibility index (Phi) is 4.50. The van der Waals surface area contributed by atoms with Crippen LogP contribution in [0.15, 0.2) is 24.4 Å². The summed E-state index contributed by atoms with van der Waals surface area (Å²) in [6.07, 6.45) is 5.67. The van der Waals surface area contributed by atoms with Gasteiger partial charge in [-0.15, -0.1) is 0 Å². The Labute approximate surface area is 102 Å². The summed E-state index contributed by atoms with van der Waals surface area (Å²) in [4.78, 5) is 15.7. The van der Waals surface area contributed by atoms with E-state index in [0.29, 0.717) is 19.0 Å². The first kappa shape index (κ1) is 12.0. The van der Waals surface area contributed by atoms with Crippen molar-refractivity contribution in [1.29, 1.82) is 0 Å². The molecule has 1 aliphatic rings. The van der Waals surface area contributed by atoms with E-state index in [4.69, 9.17) is 0 Å². The summed E-state index contributed by atoms with van der Waals surface area (Å²) in [5, 5.41) is 6.23. The van der Waals surface area contributed by atoms with Gasteiger partial charge in [0.15, 0.2) is 0 Å². The molecule has 1 aliphatic carbocycles. The van der Waals surface area contributed by atoms with E-state index < -0.39 is 0 Å². The Balaban J connectivity index is 1.53. The second-order valence-electron chi connectivity index (χ2n) is 4.40. The number of nitrogens with zero attached hydrogens (tertiary/aromatic N) is 1. The quantitative estimate of drug-likeness (QED) is 0.735. The molecule has 1 saturated carbocycles. The molecule has 1 aromatic heterocycles. The van der Waals surface area contributed by atoms with Gasteiger partial charge in [-0.05, 0) is 25.0 Å². The van der Waals surface area contributed by atoms with Gasteiger partial charge >= 0.3 is 0 Å². The zero-order valence-electron chi connectivity index (χ0n) is 9.98. The van der Waals surface area contributed by atoms with Gasteiger partial charge < -0.3 is 10.6 Å². The molecule has 4 heteroatoms. The minimum atomic E-state index is 0.120. The fourth-order valence-corrected chi connectivity index (χ4v) is 1.64. The maximum atomic E-state index is 11.5. The Bertz CT molecular complexity index is 349. The molecular formula is C13H19N3O. The highest BCUT2D eigenvalue weighted by Crippen LogP contribution is 2.18. The van der Waals surface area contributed by atoms with Crippen molar-refractivity contribution in [2.45, 2.75) is 31.7 Å². The van der Waals surface area contributed by atoms with Crippen molar-refractivity contribution in [2.24, 2.45) is 0 Å². The Hall–Kier alpha value is -1.42. The molecule has 2 rings (SSSR count). The standard InChI is InChI=1S/C13H19N3O/c17-13(7-10-15-12-4-5-12)16-9-6-11-3-1-2-8-14-11/h1-3,8,12,15H,4-7,9-10H2,(H,16,17). The van der Waals surface area contributed by atoms with Gasteiger partial charge in [-0.1, -0.05) is 6.07 Å². The molecule has 0 atom stereocenters. The number of amides is 1. The van der Waals surface area contributed by atoms with E-state index >= 15 is 0 Å². The second kappa shape index (κ2) is 6.35. The third-order valence-corrected chi connectivity index (χ3v) is 2.79. The highest BCUT2D eigenvalue weighted by atomic mass is 16.1. The van der Waals surface area contributed by atoms with Crippen molar-refractivity contribution < 1.29 is 4.79 Å². The minimum absolute atomic E-state index is 0.120. The summed E-state index contributed by atoms with van der Waals surface area (Å²) in [5.74, 6) is 0.120. The van der Waals surface area contributed by atoms with Gasteiger partial charge in [-0.25, -0.2) is 0 Å². The third-order valence-electron chi connectivity index (χ3n) is 2.79. The topological polar surface area (TPSA) is 54.0 Å². The van der Waals surface area contributed by atoms with Crippen LogP contribution in [0.1, 0.15) is 25.0 Å². The van der Waals surface area contributed by atoms with E-state index in [1.807, 2.05) is 18.2 Å². The van der Waals surface area contributed by atoms with Crippen LogP contribution in [0, 0.1) is 0 Å². The van der Waals surface area contributed by atoms with Crippen molar-refractivity contribution in [3.8, 4) is 0 Å². The van der Waals surface area contributed by atoms with Gasteiger partial charge in [0, 0.05) is 43.9 Å². The van der Waals surface area contributed by atoms with Crippen LogP contribution in [-0.2, 0) is 11.2 Å². The molecule has 1 amide bonds. The summed E-state index contributed by atoms with van der Waals surface area (Å²) in [6, 6.07) is 6.51. The third kappa shape index (κ3) is 4.95. The molecule has 0 bridgehead atoms. The van der Waals surface area contributed by atoms with E-state index in [0.717, 1.165) is 18.7 Å². The average molecular weight is 233 g/mol. The van der Waals surface area contributed by atoms with Crippen LogP contribution < -0.4 is 10.6 Å². The molecule has 17 heavy (non-hydrogen) atoms. The number of hydrogen-bond donors (Lipinski definition) is 2. The van der Waals surface area contributed by atoms with E-state index in [-0.39, 0.29) is 5.91 Å². The number of rotatable bonds is 7. The first-order chi connectivity index (χ1) is 8.34. The van der Waals surface area contributed by atoms with E-state index in [9.17, 15) is 4.79 Å². The van der Waals surface area contributed by atoms with Crippen molar-refractivity contribution in [3.05, 3.63) is 30.1 Å². The molecule has 92 valence electrons. The molecule has 0 aliphatic heterocycles. The highest BCUT2D eigenvalue weighted by Gasteiger charge is 2.19. The number of carbonyl (C=O) groups is 1. The number of hydrogen-bond acceptors (Lipinski definition) is 3. The van der Waals surface area contributed by atoms with E-state index in [2.05, 4.69) is 15.6 Å². The van der Waals surface area contributed by atoms with Crippen LogP contribution in [0.25, 0.3) is 0 Å². The van der Waals surface area contributed by atoms with Crippen molar-refractivity contribution >= 4 is 5.91 Å². The molecule has 0 aromatic carbocycles. The Morgan fingerprint density at radius 3 is 2.94 bits per heavy atom. The molecule has 0 unspecified atom stereocenters. The van der Waals surface area contributed by atoms with Gasteiger partial charge in [0.25, 0.3) is 0 Å². The largest absolute Gasteiger partial charge is 0.356 e. The zero-order valence-corrected chi connectivity index (χ0v) is 9.98. The highest BCUT2D eigenvalue weighted by molar-refractivity contribution is 5.76. The second-order valence-corrected chi connectivity index (χ2v) is 4.40. The molecular weight excluding hydrogens is 214 g/mol. The lowest BCUT2D eigenvalue weighted by molar-refractivity contribution is -0.120. The Morgan fingerprint density at radius 2 is 2.24 bits per heavy atom. The van der Waals surface area contributed by atoms with Crippen molar-refractivity contribution in [2.75, 3.05) is 13.1 Å². The number of carbonyl (C=O) groups excluding carboxylic acids is 1. The fraction of sp³-hybridized carbons (Fsp3) is 0.538. The SMILES string of the molecule is O=C(CCNC1CC1)NCCc1ccccn1. The Morgan fingerprint density at radius 1 is 1.35 bits per heavy atom. The predicted molar refractivity (Wildman–Crippen MR) is 66.6 cm³/mol. The number of pyridine rings is 1. The minimum Gasteiger partial charge on any atom is -0.356 e. The van der Waals surface area contributed by atoms with Crippen molar-refractivity contribution in [3.63, 3.8) is 0 Å². The van der Waals surface area contributed by atoms with Gasteiger partial charge in [-0.3, -0.25) is 9.78 Å². The fourth-order valence-electron chi connectivity index (χ4n) is 1.64. The van der Waals surface area contributed by atoms with Crippen LogP contribution >= 0.6 is 0 Å². The number of nitrogens with one attached hydrogen (secondary N) is 2.